The Balaban J connectivity index is 1.61. The fourth-order valence-corrected chi connectivity index (χ4v) is 3.14. The van der Waals surface area contributed by atoms with Crippen LogP contribution in [0.2, 0.25) is 0 Å². The van der Waals surface area contributed by atoms with Gasteiger partial charge in [-0.15, -0.1) is 0 Å². The maximum Gasteiger partial charge on any atom is 0.190 e. The van der Waals surface area contributed by atoms with Gasteiger partial charge in [0.1, 0.15) is 11.5 Å². The first-order chi connectivity index (χ1) is 12.7. The van der Waals surface area contributed by atoms with Crippen molar-refractivity contribution in [1.82, 2.24) is 10.6 Å². The van der Waals surface area contributed by atoms with Gasteiger partial charge in [-0.25, -0.2) is 0 Å². The monoisotopic (exact) mass is 363 g/mol. The Morgan fingerprint density at radius 1 is 1.08 bits per heavy atom. The van der Waals surface area contributed by atoms with Crippen molar-refractivity contribution >= 4 is 5.96 Å². The summed E-state index contributed by atoms with van der Waals surface area (Å²) >= 11 is 0. The van der Waals surface area contributed by atoms with Gasteiger partial charge in [-0.2, -0.15) is 0 Å². The molecule has 6 heteroatoms. The number of rotatable bonds is 11. The van der Waals surface area contributed by atoms with Crippen LogP contribution in [0.4, 0.5) is 0 Å². The first-order valence-corrected chi connectivity index (χ1v) is 9.42. The normalized spacial score (nSPS) is 15.9. The molecule has 1 aromatic carbocycles. The highest BCUT2D eigenvalue weighted by Crippen LogP contribution is 2.43. The first-order valence-electron chi connectivity index (χ1n) is 9.42. The lowest BCUT2D eigenvalue weighted by Gasteiger charge is -2.42. The van der Waals surface area contributed by atoms with Crippen molar-refractivity contribution in [3.8, 4) is 11.5 Å². The zero-order valence-corrected chi connectivity index (χ0v) is 16.3. The molecule has 0 heterocycles. The number of nitrogens with zero attached hydrogens (tertiary/aromatic N) is 1. The van der Waals surface area contributed by atoms with Crippen molar-refractivity contribution in [1.29, 1.82) is 0 Å². The third-order valence-corrected chi connectivity index (χ3v) is 5.05. The number of hydrogen-bond acceptors (Lipinski definition) is 4. The molecule has 6 nitrogen and oxygen atoms in total. The fraction of sp³-hybridized carbons (Fsp3) is 0.650. The van der Waals surface area contributed by atoms with Gasteiger partial charge in [-0.3, -0.25) is 4.99 Å². The number of aliphatic imine (C=N–C) groups is 1. The van der Waals surface area contributed by atoms with Gasteiger partial charge in [0.2, 0.25) is 0 Å². The Kier molecular flexibility index (Phi) is 8.54. The molecule has 26 heavy (non-hydrogen) atoms. The van der Waals surface area contributed by atoms with E-state index in [4.69, 9.17) is 14.2 Å². The van der Waals surface area contributed by atoms with Gasteiger partial charge < -0.3 is 24.8 Å². The molecule has 146 valence electrons. The van der Waals surface area contributed by atoms with Gasteiger partial charge in [0.05, 0.1) is 13.7 Å². The lowest BCUT2D eigenvalue weighted by Crippen LogP contribution is -2.47. The molecule has 1 aliphatic rings. The molecule has 0 bridgehead atoms. The second kappa shape index (κ2) is 10.9. The first kappa shape index (κ1) is 20.4. The van der Waals surface area contributed by atoms with Crippen molar-refractivity contribution in [2.45, 2.75) is 32.1 Å². The predicted molar refractivity (Wildman–Crippen MR) is 105 cm³/mol. The van der Waals surface area contributed by atoms with Crippen molar-refractivity contribution in [2.24, 2.45) is 10.4 Å². The topological polar surface area (TPSA) is 64.1 Å². The van der Waals surface area contributed by atoms with Crippen LogP contribution in [0, 0.1) is 5.41 Å². The van der Waals surface area contributed by atoms with Crippen molar-refractivity contribution in [2.75, 3.05) is 47.6 Å². The maximum absolute atomic E-state index is 5.74. The predicted octanol–water partition coefficient (Wildman–Crippen LogP) is 2.84. The molecular formula is C20H33N3O3. The summed E-state index contributed by atoms with van der Waals surface area (Å²) in [6.45, 7) is 3.27. The Bertz CT molecular complexity index is 542. The van der Waals surface area contributed by atoms with Crippen LogP contribution in [0.5, 0.6) is 11.5 Å². The summed E-state index contributed by atoms with van der Waals surface area (Å²) in [5.74, 6) is 2.56. The second-order valence-electron chi connectivity index (χ2n) is 6.83. The van der Waals surface area contributed by atoms with Gasteiger partial charge in [-0.1, -0.05) is 6.42 Å². The van der Waals surface area contributed by atoms with Crippen molar-refractivity contribution in [3.63, 3.8) is 0 Å². The summed E-state index contributed by atoms with van der Waals surface area (Å²) in [6, 6.07) is 7.65. The molecule has 0 saturated heterocycles. The van der Waals surface area contributed by atoms with Gasteiger partial charge in [0.25, 0.3) is 0 Å². The molecule has 1 saturated carbocycles. The number of nitrogens with one attached hydrogen (secondary N) is 2. The minimum absolute atomic E-state index is 0.380. The van der Waals surface area contributed by atoms with Gasteiger partial charge in [-0.05, 0) is 55.4 Å². The van der Waals surface area contributed by atoms with E-state index in [9.17, 15) is 0 Å². The average Bonchev–Trinajstić information content (AvgIpc) is 2.65. The smallest absolute Gasteiger partial charge is 0.190 e. The third kappa shape index (κ3) is 6.41. The van der Waals surface area contributed by atoms with Gasteiger partial charge in [0, 0.05) is 33.9 Å². The van der Waals surface area contributed by atoms with E-state index in [0.717, 1.165) is 50.0 Å². The highest BCUT2D eigenvalue weighted by molar-refractivity contribution is 5.79. The minimum atomic E-state index is 0.380. The van der Waals surface area contributed by atoms with Crippen LogP contribution >= 0.6 is 0 Å². The molecular weight excluding hydrogens is 330 g/mol. The zero-order valence-electron chi connectivity index (χ0n) is 16.3. The lowest BCUT2D eigenvalue weighted by molar-refractivity contribution is 0.0732. The van der Waals surface area contributed by atoms with E-state index in [1.165, 1.54) is 19.3 Å². The SMILES string of the molecule is CN=C(NCCCOc1ccc(OC)cc1)NCC1(CCOC)CCC1. The number of hydrogen-bond donors (Lipinski definition) is 2. The molecule has 1 fully saturated rings. The molecule has 0 amide bonds. The average molecular weight is 364 g/mol. The molecule has 2 rings (SSSR count). The second-order valence-corrected chi connectivity index (χ2v) is 6.83. The molecule has 0 spiro atoms. The quantitative estimate of drug-likeness (QED) is 0.360. The number of ether oxygens (including phenoxy) is 3. The summed E-state index contributed by atoms with van der Waals surface area (Å²) in [7, 11) is 5.24. The number of benzene rings is 1. The van der Waals surface area contributed by atoms with E-state index >= 15 is 0 Å². The number of guanidine groups is 1. The van der Waals surface area contributed by atoms with Crippen LogP contribution in [0.15, 0.2) is 29.3 Å². The third-order valence-electron chi connectivity index (χ3n) is 5.05. The number of methoxy groups -OCH3 is 2. The fourth-order valence-electron chi connectivity index (χ4n) is 3.14. The van der Waals surface area contributed by atoms with Crippen LogP contribution < -0.4 is 20.1 Å². The molecule has 0 radical (unpaired) electrons. The van der Waals surface area contributed by atoms with Crippen LogP contribution in [0.1, 0.15) is 32.1 Å². The molecule has 1 aromatic rings. The zero-order chi connectivity index (χ0) is 18.7. The summed E-state index contributed by atoms with van der Waals surface area (Å²) in [5.41, 5.74) is 0.380. The Hall–Kier alpha value is -1.95. The van der Waals surface area contributed by atoms with Crippen molar-refractivity contribution in [3.05, 3.63) is 24.3 Å². The molecule has 0 aromatic heterocycles. The van der Waals surface area contributed by atoms with Crippen LogP contribution in [0.25, 0.3) is 0 Å². The van der Waals surface area contributed by atoms with Gasteiger partial charge >= 0.3 is 0 Å². The highest BCUT2D eigenvalue weighted by Gasteiger charge is 2.36. The Morgan fingerprint density at radius 2 is 1.81 bits per heavy atom. The van der Waals surface area contributed by atoms with Crippen molar-refractivity contribution < 1.29 is 14.2 Å². The molecule has 0 atom stereocenters. The Morgan fingerprint density at radius 3 is 2.38 bits per heavy atom. The summed E-state index contributed by atoms with van der Waals surface area (Å²) in [5, 5.41) is 6.83. The van der Waals surface area contributed by atoms with E-state index in [0.29, 0.717) is 12.0 Å². The molecule has 2 N–H and O–H groups in total. The molecule has 0 aliphatic heterocycles. The largest absolute Gasteiger partial charge is 0.497 e. The highest BCUT2D eigenvalue weighted by atomic mass is 16.5. The van der Waals surface area contributed by atoms with E-state index in [1.54, 1.807) is 14.2 Å². The summed E-state index contributed by atoms with van der Waals surface area (Å²) in [4.78, 5) is 4.31. The van der Waals surface area contributed by atoms with E-state index < -0.39 is 0 Å². The maximum atomic E-state index is 5.74. The van der Waals surface area contributed by atoms with Crippen LogP contribution in [-0.2, 0) is 4.74 Å². The lowest BCUT2D eigenvalue weighted by atomic mass is 9.67. The Labute approximate surface area is 157 Å². The standard InChI is InChI=1S/C20H33N3O3/c1-21-19(23-16-20(10-4-11-20)12-15-24-2)22-13-5-14-26-18-8-6-17(25-3)7-9-18/h6-9H,4-5,10-16H2,1-3H3,(H2,21,22,23). The van der Waals surface area contributed by atoms with Crippen LogP contribution in [0.3, 0.4) is 0 Å². The summed E-state index contributed by atoms with van der Waals surface area (Å²) in [6.07, 6.45) is 5.89. The van der Waals surface area contributed by atoms with E-state index in [1.807, 2.05) is 31.3 Å². The molecule has 1 aliphatic carbocycles. The molecule has 0 unspecified atom stereocenters. The minimum Gasteiger partial charge on any atom is -0.497 e. The van der Waals surface area contributed by atoms with Gasteiger partial charge in [0.15, 0.2) is 5.96 Å². The van der Waals surface area contributed by atoms with E-state index in [2.05, 4.69) is 15.6 Å². The summed E-state index contributed by atoms with van der Waals surface area (Å²) < 4.78 is 16.1. The van der Waals surface area contributed by atoms with Crippen LogP contribution in [-0.4, -0.2) is 53.5 Å². The van der Waals surface area contributed by atoms with E-state index in [-0.39, 0.29) is 0 Å².